The van der Waals surface area contributed by atoms with Crippen molar-refractivity contribution in [2.24, 2.45) is 5.73 Å². The molecule has 1 rings (SSSR count). The molecule has 0 bridgehead atoms. The topological polar surface area (TPSA) is 38.5 Å². The van der Waals surface area contributed by atoms with Gasteiger partial charge in [-0.15, -0.1) is 0 Å². The fourth-order valence-corrected chi connectivity index (χ4v) is 1.99. The average molecular weight is 204 g/mol. The molecule has 0 aromatic heterocycles. The summed E-state index contributed by atoms with van der Waals surface area (Å²) in [5.74, 6) is 0. The molecule has 4 heteroatoms. The number of hydrogen-bond donors (Lipinski definition) is 1. The Balaban J connectivity index is 2.43. The highest BCUT2D eigenvalue weighted by atomic mass is 19.1. The van der Waals surface area contributed by atoms with Crippen molar-refractivity contribution in [1.82, 2.24) is 4.90 Å². The third-order valence-corrected chi connectivity index (χ3v) is 2.42. The zero-order chi connectivity index (χ0) is 10.6. The molecule has 1 fully saturated rings. The molecule has 0 aromatic rings. The predicted octanol–water partition coefficient (Wildman–Crippen LogP) is 0.784. The van der Waals surface area contributed by atoms with Crippen LogP contribution in [0.15, 0.2) is 0 Å². The first kappa shape index (κ1) is 11.9. The molecule has 2 N–H and O–H groups in total. The number of halogens is 1. The first-order valence-electron chi connectivity index (χ1n) is 5.23. The molecule has 1 heterocycles. The number of nitrogens with two attached hydrogens (primary N) is 1. The highest BCUT2D eigenvalue weighted by molar-refractivity contribution is 4.84. The maximum absolute atomic E-state index is 12.0. The molecule has 0 saturated carbocycles. The molecule has 1 aliphatic heterocycles. The van der Waals surface area contributed by atoms with Crippen molar-refractivity contribution < 1.29 is 9.13 Å². The van der Waals surface area contributed by atoms with Gasteiger partial charge in [-0.2, -0.15) is 0 Å². The number of hydrogen-bond acceptors (Lipinski definition) is 3. The molecule has 0 aliphatic carbocycles. The van der Waals surface area contributed by atoms with E-state index in [2.05, 4.69) is 18.7 Å². The zero-order valence-corrected chi connectivity index (χ0v) is 9.13. The van der Waals surface area contributed by atoms with Gasteiger partial charge >= 0.3 is 0 Å². The first-order valence-corrected chi connectivity index (χ1v) is 5.23. The largest absolute Gasteiger partial charge is 0.368 e. The minimum atomic E-state index is -0.245. The number of morpholine rings is 1. The van der Waals surface area contributed by atoms with E-state index in [4.69, 9.17) is 10.5 Å². The standard InChI is InChI=1S/C10H21FN2O/c1-10(2)8-13(5-3-4-11)7-9(6-12)14-10/h9H,3-8,12H2,1-2H3. The van der Waals surface area contributed by atoms with Crippen molar-refractivity contribution in [1.29, 1.82) is 0 Å². The highest BCUT2D eigenvalue weighted by Crippen LogP contribution is 2.20. The monoisotopic (exact) mass is 204 g/mol. The minimum absolute atomic E-state index is 0.0957. The van der Waals surface area contributed by atoms with Crippen LogP contribution in [0.1, 0.15) is 20.3 Å². The third kappa shape index (κ3) is 3.52. The average Bonchev–Trinajstić information content (AvgIpc) is 2.12. The van der Waals surface area contributed by atoms with Gasteiger partial charge in [0.25, 0.3) is 0 Å². The Morgan fingerprint density at radius 3 is 2.86 bits per heavy atom. The molecule has 1 unspecified atom stereocenters. The lowest BCUT2D eigenvalue weighted by molar-refractivity contribution is -0.132. The number of rotatable bonds is 4. The summed E-state index contributed by atoms with van der Waals surface area (Å²) in [5, 5.41) is 0. The summed E-state index contributed by atoms with van der Waals surface area (Å²) in [6.45, 7) is 6.90. The number of ether oxygens (including phenoxy) is 1. The maximum atomic E-state index is 12.0. The van der Waals surface area contributed by atoms with Crippen LogP contribution in [0.3, 0.4) is 0 Å². The van der Waals surface area contributed by atoms with Crippen LogP contribution in [0.2, 0.25) is 0 Å². The summed E-state index contributed by atoms with van der Waals surface area (Å²) in [6, 6.07) is 0. The van der Waals surface area contributed by atoms with E-state index in [9.17, 15) is 4.39 Å². The Bertz CT molecular complexity index is 176. The molecular formula is C10H21FN2O. The van der Waals surface area contributed by atoms with Gasteiger partial charge in [0.05, 0.1) is 18.4 Å². The lowest BCUT2D eigenvalue weighted by Gasteiger charge is -2.42. The molecule has 1 saturated heterocycles. The molecule has 14 heavy (non-hydrogen) atoms. The molecule has 1 atom stereocenters. The van der Waals surface area contributed by atoms with E-state index in [1.54, 1.807) is 0 Å². The fraction of sp³-hybridized carbons (Fsp3) is 1.00. The van der Waals surface area contributed by atoms with Crippen molar-refractivity contribution in [3.8, 4) is 0 Å². The summed E-state index contributed by atoms with van der Waals surface area (Å²) in [6.07, 6.45) is 0.700. The Hall–Kier alpha value is -0.190. The quantitative estimate of drug-likeness (QED) is 0.735. The fourth-order valence-electron chi connectivity index (χ4n) is 1.99. The normalized spacial score (nSPS) is 27.9. The van der Waals surface area contributed by atoms with Crippen LogP contribution in [0.25, 0.3) is 0 Å². The van der Waals surface area contributed by atoms with Gasteiger partial charge < -0.3 is 10.5 Å². The molecule has 0 aromatic carbocycles. The van der Waals surface area contributed by atoms with Crippen molar-refractivity contribution in [2.75, 3.05) is 32.9 Å². The van der Waals surface area contributed by atoms with Crippen LogP contribution in [0.4, 0.5) is 4.39 Å². The number of alkyl halides is 1. The van der Waals surface area contributed by atoms with E-state index >= 15 is 0 Å². The maximum Gasteiger partial charge on any atom is 0.0906 e. The number of nitrogens with zero attached hydrogens (tertiary/aromatic N) is 1. The lowest BCUT2D eigenvalue weighted by atomic mass is 10.1. The summed E-state index contributed by atoms with van der Waals surface area (Å²) < 4.78 is 17.8. The van der Waals surface area contributed by atoms with E-state index in [0.29, 0.717) is 13.0 Å². The van der Waals surface area contributed by atoms with Crippen molar-refractivity contribution >= 4 is 0 Å². The summed E-state index contributed by atoms with van der Waals surface area (Å²) in [7, 11) is 0. The van der Waals surface area contributed by atoms with Crippen LogP contribution in [-0.2, 0) is 4.74 Å². The Kier molecular flexibility index (Phi) is 4.29. The van der Waals surface area contributed by atoms with Gasteiger partial charge in [0.1, 0.15) is 0 Å². The Morgan fingerprint density at radius 1 is 1.57 bits per heavy atom. The Morgan fingerprint density at radius 2 is 2.29 bits per heavy atom. The van der Waals surface area contributed by atoms with Gasteiger partial charge in [-0.3, -0.25) is 9.29 Å². The summed E-state index contributed by atoms with van der Waals surface area (Å²) in [4.78, 5) is 2.24. The van der Waals surface area contributed by atoms with E-state index in [1.807, 2.05) is 0 Å². The predicted molar refractivity (Wildman–Crippen MR) is 55.0 cm³/mol. The van der Waals surface area contributed by atoms with Gasteiger partial charge in [0.2, 0.25) is 0 Å². The second-order valence-corrected chi connectivity index (χ2v) is 4.51. The minimum Gasteiger partial charge on any atom is -0.368 e. The third-order valence-electron chi connectivity index (χ3n) is 2.42. The van der Waals surface area contributed by atoms with Crippen molar-refractivity contribution in [3.63, 3.8) is 0 Å². The van der Waals surface area contributed by atoms with Gasteiger partial charge in [0, 0.05) is 26.2 Å². The molecule has 84 valence electrons. The van der Waals surface area contributed by atoms with Crippen LogP contribution >= 0.6 is 0 Å². The molecular weight excluding hydrogens is 183 g/mol. The van der Waals surface area contributed by atoms with Crippen molar-refractivity contribution in [3.05, 3.63) is 0 Å². The van der Waals surface area contributed by atoms with E-state index < -0.39 is 0 Å². The van der Waals surface area contributed by atoms with Crippen LogP contribution in [-0.4, -0.2) is 49.5 Å². The molecule has 0 amide bonds. The zero-order valence-electron chi connectivity index (χ0n) is 9.13. The first-order chi connectivity index (χ1) is 6.57. The van der Waals surface area contributed by atoms with Crippen molar-refractivity contribution in [2.45, 2.75) is 32.0 Å². The van der Waals surface area contributed by atoms with E-state index in [0.717, 1.165) is 19.6 Å². The molecule has 0 radical (unpaired) electrons. The van der Waals surface area contributed by atoms with Gasteiger partial charge in [-0.1, -0.05) is 0 Å². The second-order valence-electron chi connectivity index (χ2n) is 4.51. The Labute approximate surface area is 85.4 Å². The molecule has 0 spiro atoms. The summed E-state index contributed by atoms with van der Waals surface area (Å²) >= 11 is 0. The SMILES string of the molecule is CC1(C)CN(CCCF)CC(CN)O1. The van der Waals surface area contributed by atoms with Crippen LogP contribution in [0.5, 0.6) is 0 Å². The van der Waals surface area contributed by atoms with Crippen LogP contribution in [0, 0.1) is 0 Å². The second kappa shape index (κ2) is 5.05. The lowest BCUT2D eigenvalue weighted by Crippen LogP contribution is -2.54. The van der Waals surface area contributed by atoms with Crippen LogP contribution < -0.4 is 5.73 Å². The molecule has 1 aliphatic rings. The van der Waals surface area contributed by atoms with E-state index in [-0.39, 0.29) is 18.4 Å². The smallest absolute Gasteiger partial charge is 0.0906 e. The highest BCUT2D eigenvalue weighted by Gasteiger charge is 2.32. The molecule has 3 nitrogen and oxygen atoms in total. The van der Waals surface area contributed by atoms with Gasteiger partial charge in [-0.25, -0.2) is 0 Å². The van der Waals surface area contributed by atoms with Gasteiger partial charge in [-0.05, 0) is 20.3 Å². The van der Waals surface area contributed by atoms with E-state index in [1.165, 1.54) is 0 Å². The van der Waals surface area contributed by atoms with Gasteiger partial charge in [0.15, 0.2) is 0 Å². The summed E-state index contributed by atoms with van der Waals surface area (Å²) in [5.41, 5.74) is 5.44.